The van der Waals surface area contributed by atoms with E-state index in [1.54, 1.807) is 12.1 Å². The first-order valence-corrected chi connectivity index (χ1v) is 7.38. The number of carbonyl (C=O) groups excluding carboxylic acids is 1. The summed E-state index contributed by atoms with van der Waals surface area (Å²) in [6.45, 7) is 1.39. The van der Waals surface area contributed by atoms with Gasteiger partial charge >= 0.3 is 5.97 Å². The van der Waals surface area contributed by atoms with Gasteiger partial charge in [0.15, 0.2) is 0 Å². The monoisotopic (exact) mass is 317 g/mol. The second-order valence-electron chi connectivity index (χ2n) is 5.22. The fourth-order valence-corrected chi connectivity index (χ4v) is 2.36. The number of ether oxygens (including phenoxy) is 1. The lowest BCUT2D eigenvalue weighted by Gasteiger charge is -2.22. The highest BCUT2D eigenvalue weighted by Crippen LogP contribution is 2.15. The zero-order chi connectivity index (χ0) is 16.7. The van der Waals surface area contributed by atoms with E-state index in [4.69, 9.17) is 0 Å². The van der Waals surface area contributed by atoms with E-state index in [-0.39, 0.29) is 12.2 Å². The number of hydrogen-bond acceptors (Lipinski definition) is 4. The van der Waals surface area contributed by atoms with E-state index in [0.717, 1.165) is 5.56 Å². The topological polar surface area (TPSA) is 49.8 Å². The van der Waals surface area contributed by atoms with Crippen LogP contribution in [0.3, 0.4) is 0 Å². The number of methoxy groups -OCH3 is 1. The number of aliphatic hydroxyl groups is 1. The molecule has 0 saturated carbocycles. The standard InChI is InChI=1S/C18H20FNO3/c1-23-18(22)15-7-8-16(17(19)11-15)13-20(9-10-21)12-14-5-3-2-4-6-14/h2-8,11,21H,9-10,12-13H2,1H3. The molecule has 0 bridgehead atoms. The highest BCUT2D eigenvalue weighted by molar-refractivity contribution is 5.89. The fraction of sp³-hybridized carbons (Fsp3) is 0.278. The molecule has 2 rings (SSSR count). The third-order valence-corrected chi connectivity index (χ3v) is 3.53. The van der Waals surface area contributed by atoms with Gasteiger partial charge in [0.2, 0.25) is 0 Å². The average Bonchev–Trinajstić information content (AvgIpc) is 2.57. The Bertz CT molecular complexity index is 646. The lowest BCUT2D eigenvalue weighted by molar-refractivity contribution is 0.0600. The molecule has 0 heterocycles. The van der Waals surface area contributed by atoms with Crippen molar-refractivity contribution < 1.29 is 19.0 Å². The number of hydrogen-bond donors (Lipinski definition) is 1. The van der Waals surface area contributed by atoms with Gasteiger partial charge in [-0.25, -0.2) is 9.18 Å². The largest absolute Gasteiger partial charge is 0.465 e. The van der Waals surface area contributed by atoms with Crippen LogP contribution in [0.5, 0.6) is 0 Å². The van der Waals surface area contributed by atoms with Crippen molar-refractivity contribution in [1.29, 1.82) is 0 Å². The molecular formula is C18H20FNO3. The summed E-state index contributed by atoms with van der Waals surface area (Å²) in [7, 11) is 1.26. The molecule has 0 saturated heterocycles. The molecule has 0 aliphatic heterocycles. The maximum atomic E-state index is 14.2. The Morgan fingerprint density at radius 2 is 1.91 bits per heavy atom. The van der Waals surface area contributed by atoms with Crippen LogP contribution in [0.25, 0.3) is 0 Å². The lowest BCUT2D eigenvalue weighted by Crippen LogP contribution is -2.26. The van der Waals surface area contributed by atoms with Gasteiger partial charge in [0.05, 0.1) is 19.3 Å². The fourth-order valence-electron chi connectivity index (χ4n) is 2.36. The van der Waals surface area contributed by atoms with Crippen molar-refractivity contribution in [2.75, 3.05) is 20.3 Å². The minimum absolute atomic E-state index is 0.00526. The third kappa shape index (κ3) is 4.87. The van der Waals surface area contributed by atoms with Crippen LogP contribution in [0, 0.1) is 5.82 Å². The third-order valence-electron chi connectivity index (χ3n) is 3.53. The van der Waals surface area contributed by atoms with Crippen molar-refractivity contribution >= 4 is 5.97 Å². The summed E-state index contributed by atoms with van der Waals surface area (Å²) in [6.07, 6.45) is 0. The molecule has 122 valence electrons. The molecule has 0 amide bonds. The van der Waals surface area contributed by atoms with E-state index in [1.165, 1.54) is 13.2 Å². The SMILES string of the molecule is COC(=O)c1ccc(CN(CCO)Cc2ccccc2)c(F)c1. The van der Waals surface area contributed by atoms with Crippen LogP contribution >= 0.6 is 0 Å². The summed E-state index contributed by atoms with van der Waals surface area (Å²) in [5.74, 6) is -1.02. The van der Waals surface area contributed by atoms with Crippen LogP contribution in [0.2, 0.25) is 0 Å². The molecule has 0 aromatic heterocycles. The smallest absolute Gasteiger partial charge is 0.337 e. The Morgan fingerprint density at radius 1 is 1.17 bits per heavy atom. The number of carbonyl (C=O) groups is 1. The van der Waals surface area contributed by atoms with Crippen LogP contribution in [-0.2, 0) is 17.8 Å². The van der Waals surface area contributed by atoms with Crippen LogP contribution in [0.15, 0.2) is 48.5 Å². The maximum absolute atomic E-state index is 14.2. The van der Waals surface area contributed by atoms with Gasteiger partial charge in [-0.2, -0.15) is 0 Å². The summed E-state index contributed by atoms with van der Waals surface area (Å²) < 4.78 is 18.8. The average molecular weight is 317 g/mol. The molecule has 0 fully saturated rings. The van der Waals surface area contributed by atoms with Crippen LogP contribution in [-0.4, -0.2) is 36.2 Å². The van der Waals surface area contributed by atoms with Gasteiger partial charge in [-0.15, -0.1) is 0 Å². The summed E-state index contributed by atoms with van der Waals surface area (Å²) in [5.41, 5.74) is 1.75. The summed E-state index contributed by atoms with van der Waals surface area (Å²) in [4.78, 5) is 13.4. The number of halogens is 1. The normalized spacial score (nSPS) is 10.8. The first-order valence-electron chi connectivity index (χ1n) is 7.38. The van der Waals surface area contributed by atoms with E-state index in [0.29, 0.717) is 25.2 Å². The zero-order valence-corrected chi connectivity index (χ0v) is 13.0. The summed E-state index contributed by atoms with van der Waals surface area (Å²) >= 11 is 0. The molecule has 0 radical (unpaired) electrons. The van der Waals surface area contributed by atoms with Crippen molar-refractivity contribution in [2.45, 2.75) is 13.1 Å². The number of benzene rings is 2. The van der Waals surface area contributed by atoms with Crippen LogP contribution in [0.4, 0.5) is 4.39 Å². The number of aliphatic hydroxyl groups excluding tert-OH is 1. The van der Waals surface area contributed by atoms with Crippen LogP contribution in [0.1, 0.15) is 21.5 Å². The highest BCUT2D eigenvalue weighted by Gasteiger charge is 2.13. The lowest BCUT2D eigenvalue weighted by atomic mass is 10.1. The van der Waals surface area contributed by atoms with Crippen LogP contribution < -0.4 is 0 Å². The number of esters is 1. The molecule has 0 spiro atoms. The van der Waals surface area contributed by atoms with E-state index in [1.807, 2.05) is 35.2 Å². The Morgan fingerprint density at radius 3 is 2.52 bits per heavy atom. The summed E-state index contributed by atoms with van der Waals surface area (Å²) in [6, 6.07) is 14.1. The van der Waals surface area contributed by atoms with Gasteiger partial charge in [0.1, 0.15) is 5.82 Å². The molecular weight excluding hydrogens is 297 g/mol. The molecule has 23 heavy (non-hydrogen) atoms. The van der Waals surface area contributed by atoms with Crippen molar-refractivity contribution in [1.82, 2.24) is 4.90 Å². The number of nitrogens with zero attached hydrogens (tertiary/aromatic N) is 1. The molecule has 1 N–H and O–H groups in total. The van der Waals surface area contributed by atoms with E-state index < -0.39 is 11.8 Å². The van der Waals surface area contributed by atoms with E-state index in [2.05, 4.69) is 4.74 Å². The van der Waals surface area contributed by atoms with E-state index >= 15 is 0 Å². The minimum atomic E-state index is -0.563. The quantitative estimate of drug-likeness (QED) is 0.798. The molecule has 0 aliphatic carbocycles. The van der Waals surface area contributed by atoms with Crippen molar-refractivity contribution in [3.05, 3.63) is 71.0 Å². The van der Waals surface area contributed by atoms with Crippen molar-refractivity contribution in [3.63, 3.8) is 0 Å². The molecule has 0 aliphatic rings. The van der Waals surface area contributed by atoms with Gasteiger partial charge < -0.3 is 9.84 Å². The molecule has 2 aromatic carbocycles. The first-order chi connectivity index (χ1) is 11.1. The predicted molar refractivity (Wildman–Crippen MR) is 85.4 cm³/mol. The Kier molecular flexibility index (Phi) is 6.26. The van der Waals surface area contributed by atoms with Gasteiger partial charge in [-0.3, -0.25) is 4.90 Å². The number of rotatable bonds is 7. The Balaban J connectivity index is 2.12. The van der Waals surface area contributed by atoms with Gasteiger partial charge in [0.25, 0.3) is 0 Å². The molecule has 4 nitrogen and oxygen atoms in total. The zero-order valence-electron chi connectivity index (χ0n) is 13.0. The second kappa shape index (κ2) is 8.41. The van der Waals surface area contributed by atoms with Crippen molar-refractivity contribution in [3.8, 4) is 0 Å². The van der Waals surface area contributed by atoms with Gasteiger partial charge in [-0.05, 0) is 17.7 Å². The highest BCUT2D eigenvalue weighted by atomic mass is 19.1. The second-order valence-corrected chi connectivity index (χ2v) is 5.22. The maximum Gasteiger partial charge on any atom is 0.337 e. The van der Waals surface area contributed by atoms with Gasteiger partial charge in [-0.1, -0.05) is 36.4 Å². The molecule has 0 atom stereocenters. The first kappa shape index (κ1) is 17.1. The van der Waals surface area contributed by atoms with Crippen molar-refractivity contribution in [2.24, 2.45) is 0 Å². The minimum Gasteiger partial charge on any atom is -0.465 e. The Labute approximate surface area is 135 Å². The van der Waals surface area contributed by atoms with Gasteiger partial charge in [0, 0.05) is 25.2 Å². The summed E-state index contributed by atoms with van der Waals surface area (Å²) in [5, 5.41) is 9.21. The molecule has 2 aromatic rings. The predicted octanol–water partition coefficient (Wildman–Crippen LogP) is 2.61. The van der Waals surface area contributed by atoms with E-state index in [9.17, 15) is 14.3 Å². The molecule has 0 unspecified atom stereocenters. The Hall–Kier alpha value is -2.24. The molecule has 5 heteroatoms.